The Labute approximate surface area is 114 Å². The van der Waals surface area contributed by atoms with E-state index < -0.39 is 11.7 Å². The van der Waals surface area contributed by atoms with Gasteiger partial charge >= 0.3 is 5.97 Å². The first-order valence-electron chi connectivity index (χ1n) is 5.02. The second-order valence-electron chi connectivity index (χ2n) is 3.37. The lowest BCUT2D eigenvalue weighted by molar-refractivity contribution is 0.0496. The molecule has 1 aromatic carbocycles. The number of esters is 1. The molecule has 0 heterocycles. The largest absolute Gasteiger partial charge is 0.505 e. The van der Waals surface area contributed by atoms with Crippen LogP contribution in [0.25, 0.3) is 0 Å². The Morgan fingerprint density at radius 1 is 1.35 bits per heavy atom. The summed E-state index contributed by atoms with van der Waals surface area (Å²) in [5.74, 6) is -1.15. The van der Waals surface area contributed by atoms with Crippen LogP contribution in [0, 0.1) is 0 Å². The van der Waals surface area contributed by atoms with Crippen molar-refractivity contribution in [1.29, 1.82) is 0 Å². The molecule has 0 radical (unpaired) electrons. The number of carbonyl (C=O) groups is 1. The van der Waals surface area contributed by atoms with Gasteiger partial charge in [0.25, 0.3) is 0 Å². The van der Waals surface area contributed by atoms with E-state index in [1.165, 1.54) is 6.07 Å². The molecule has 6 heteroatoms. The van der Waals surface area contributed by atoms with Crippen molar-refractivity contribution in [2.75, 3.05) is 6.61 Å². The normalized spacial score (nSPS) is 10.4. The summed E-state index contributed by atoms with van der Waals surface area (Å²) < 4.78 is 4.94. The molecule has 0 spiro atoms. The van der Waals surface area contributed by atoms with Crippen molar-refractivity contribution in [3.05, 3.63) is 26.7 Å². The molecule has 0 aliphatic carbocycles. The highest BCUT2D eigenvalue weighted by molar-refractivity contribution is 6.45. The standard InChI is InChI=1S/C11H11Cl3O3/c1-2-3-4-17-11(16)8-9(14)6(12)5-7(13)10(8)15/h5,15H,2-4H2,1H3. The molecule has 1 N–H and O–H groups in total. The van der Waals surface area contributed by atoms with Gasteiger partial charge in [0.1, 0.15) is 11.3 Å². The summed E-state index contributed by atoms with van der Waals surface area (Å²) in [6.45, 7) is 2.23. The molecular formula is C11H11Cl3O3. The van der Waals surface area contributed by atoms with Gasteiger partial charge in [-0.3, -0.25) is 0 Å². The highest BCUT2D eigenvalue weighted by atomic mass is 35.5. The van der Waals surface area contributed by atoms with Crippen LogP contribution < -0.4 is 0 Å². The first kappa shape index (κ1) is 14.4. The molecular weight excluding hydrogens is 286 g/mol. The third-order valence-electron chi connectivity index (χ3n) is 2.08. The molecule has 94 valence electrons. The van der Waals surface area contributed by atoms with Crippen LogP contribution in [-0.4, -0.2) is 17.7 Å². The Bertz CT molecular complexity index is 406. The SMILES string of the molecule is CCCCOC(=O)c1c(O)c(Cl)cc(Cl)c1Cl. The van der Waals surface area contributed by atoms with Crippen molar-refractivity contribution < 1.29 is 14.6 Å². The van der Waals surface area contributed by atoms with Gasteiger partial charge in [-0.05, 0) is 12.5 Å². The zero-order chi connectivity index (χ0) is 13.0. The minimum absolute atomic E-state index is 0.0400. The van der Waals surface area contributed by atoms with Gasteiger partial charge in [-0.25, -0.2) is 4.79 Å². The Hall–Kier alpha value is -0.640. The van der Waals surface area contributed by atoms with Crippen molar-refractivity contribution in [1.82, 2.24) is 0 Å². The first-order chi connectivity index (χ1) is 7.99. The molecule has 0 aliphatic rings. The van der Waals surface area contributed by atoms with Gasteiger partial charge in [0.15, 0.2) is 0 Å². The molecule has 0 aliphatic heterocycles. The topological polar surface area (TPSA) is 46.5 Å². The monoisotopic (exact) mass is 296 g/mol. The van der Waals surface area contributed by atoms with E-state index in [-0.39, 0.29) is 27.2 Å². The van der Waals surface area contributed by atoms with Crippen LogP contribution in [0.4, 0.5) is 0 Å². The fourth-order valence-corrected chi connectivity index (χ4v) is 1.84. The van der Waals surface area contributed by atoms with Crippen molar-refractivity contribution >= 4 is 40.8 Å². The molecule has 17 heavy (non-hydrogen) atoms. The van der Waals surface area contributed by atoms with Crippen LogP contribution in [0.2, 0.25) is 15.1 Å². The Morgan fingerprint density at radius 2 is 2.00 bits per heavy atom. The van der Waals surface area contributed by atoms with Gasteiger partial charge < -0.3 is 9.84 Å². The number of aromatic hydroxyl groups is 1. The molecule has 1 aromatic rings. The molecule has 0 aromatic heterocycles. The molecule has 0 saturated heterocycles. The quantitative estimate of drug-likeness (QED) is 0.512. The zero-order valence-corrected chi connectivity index (χ0v) is 11.4. The maximum absolute atomic E-state index is 11.7. The van der Waals surface area contributed by atoms with Crippen molar-refractivity contribution in [3.63, 3.8) is 0 Å². The average molecular weight is 298 g/mol. The van der Waals surface area contributed by atoms with Crippen LogP contribution >= 0.6 is 34.8 Å². The summed E-state index contributed by atoms with van der Waals surface area (Å²) in [7, 11) is 0. The molecule has 1 rings (SSSR count). The van der Waals surface area contributed by atoms with E-state index >= 15 is 0 Å². The van der Waals surface area contributed by atoms with E-state index in [1.807, 2.05) is 6.92 Å². The number of benzene rings is 1. The van der Waals surface area contributed by atoms with Crippen molar-refractivity contribution in [3.8, 4) is 5.75 Å². The number of halogens is 3. The second-order valence-corrected chi connectivity index (χ2v) is 4.56. The molecule has 3 nitrogen and oxygen atoms in total. The number of hydrogen-bond donors (Lipinski definition) is 1. The Morgan fingerprint density at radius 3 is 2.59 bits per heavy atom. The number of ether oxygens (including phenoxy) is 1. The third-order valence-corrected chi connectivity index (χ3v) is 3.16. The minimum Gasteiger partial charge on any atom is -0.505 e. The maximum atomic E-state index is 11.7. The maximum Gasteiger partial charge on any atom is 0.343 e. The van der Waals surface area contributed by atoms with E-state index in [4.69, 9.17) is 39.5 Å². The summed E-state index contributed by atoms with van der Waals surface area (Å²) in [6, 6.07) is 1.27. The molecule has 0 saturated carbocycles. The summed E-state index contributed by atoms with van der Waals surface area (Å²) in [5, 5.41) is 9.65. The van der Waals surface area contributed by atoms with E-state index in [0.29, 0.717) is 0 Å². The van der Waals surface area contributed by atoms with Crippen LogP contribution in [0.3, 0.4) is 0 Å². The number of phenols is 1. The highest BCUT2D eigenvalue weighted by Crippen LogP contribution is 2.38. The van der Waals surface area contributed by atoms with Crippen LogP contribution in [0.15, 0.2) is 6.07 Å². The minimum atomic E-state index is -0.731. The second kappa shape index (κ2) is 6.34. The lowest BCUT2D eigenvalue weighted by Crippen LogP contribution is -2.07. The number of unbranched alkanes of at least 4 members (excludes halogenated alkanes) is 1. The zero-order valence-electron chi connectivity index (χ0n) is 9.10. The van der Waals surface area contributed by atoms with Crippen molar-refractivity contribution in [2.24, 2.45) is 0 Å². The van der Waals surface area contributed by atoms with E-state index in [0.717, 1.165) is 12.8 Å². The molecule has 0 fully saturated rings. The fourth-order valence-electron chi connectivity index (χ4n) is 1.15. The first-order valence-corrected chi connectivity index (χ1v) is 6.16. The van der Waals surface area contributed by atoms with Gasteiger partial charge in [0.2, 0.25) is 0 Å². The summed E-state index contributed by atoms with van der Waals surface area (Å²) in [6.07, 6.45) is 1.63. The Balaban J connectivity index is 3.00. The molecule has 0 bridgehead atoms. The number of carbonyl (C=O) groups excluding carboxylic acids is 1. The smallest absolute Gasteiger partial charge is 0.343 e. The fraction of sp³-hybridized carbons (Fsp3) is 0.364. The third kappa shape index (κ3) is 3.41. The van der Waals surface area contributed by atoms with E-state index in [2.05, 4.69) is 0 Å². The van der Waals surface area contributed by atoms with Crippen molar-refractivity contribution in [2.45, 2.75) is 19.8 Å². The summed E-state index contributed by atoms with van der Waals surface area (Å²) in [5.41, 5.74) is -0.194. The lowest BCUT2D eigenvalue weighted by atomic mass is 10.2. The number of rotatable bonds is 4. The van der Waals surface area contributed by atoms with Gasteiger partial charge in [0.05, 0.1) is 21.7 Å². The van der Waals surface area contributed by atoms with Gasteiger partial charge in [-0.2, -0.15) is 0 Å². The molecule has 0 unspecified atom stereocenters. The lowest BCUT2D eigenvalue weighted by Gasteiger charge is -2.09. The van der Waals surface area contributed by atoms with Crippen LogP contribution in [-0.2, 0) is 4.74 Å². The number of phenolic OH excluding ortho intramolecular Hbond substituents is 1. The predicted molar refractivity (Wildman–Crippen MR) is 68.3 cm³/mol. The van der Waals surface area contributed by atoms with Gasteiger partial charge in [-0.15, -0.1) is 0 Å². The van der Waals surface area contributed by atoms with Crippen LogP contribution in [0.5, 0.6) is 5.75 Å². The van der Waals surface area contributed by atoms with Gasteiger partial charge in [0, 0.05) is 0 Å². The van der Waals surface area contributed by atoms with Crippen LogP contribution in [0.1, 0.15) is 30.1 Å². The Kier molecular flexibility index (Phi) is 5.37. The molecule has 0 atom stereocenters. The van der Waals surface area contributed by atoms with E-state index in [1.54, 1.807) is 0 Å². The molecule has 0 amide bonds. The van der Waals surface area contributed by atoms with E-state index in [9.17, 15) is 9.90 Å². The number of hydrogen-bond acceptors (Lipinski definition) is 3. The summed E-state index contributed by atoms with van der Waals surface area (Å²) in [4.78, 5) is 11.7. The average Bonchev–Trinajstić information content (AvgIpc) is 2.27. The highest BCUT2D eigenvalue weighted by Gasteiger charge is 2.22. The van der Waals surface area contributed by atoms with Gasteiger partial charge in [-0.1, -0.05) is 48.1 Å². The summed E-state index contributed by atoms with van der Waals surface area (Å²) >= 11 is 17.3. The predicted octanol–water partition coefficient (Wildman–Crippen LogP) is 4.31.